The standard InChI is InChI=1S/C18H21N3O5/c1-10-6-11(2)21(18(23)15(10)17(19)22)20-9-12-7-13(24-3)16(26-5)14(8-12)25-4/h6-9H,1-5H3,(H2,19,22)/b20-9+. The topological polar surface area (TPSA) is 105 Å². The molecule has 0 saturated heterocycles. The van der Waals surface area contributed by atoms with Crippen molar-refractivity contribution in [1.29, 1.82) is 0 Å². The second kappa shape index (κ2) is 7.73. The van der Waals surface area contributed by atoms with E-state index >= 15 is 0 Å². The molecular formula is C18H21N3O5. The molecule has 26 heavy (non-hydrogen) atoms. The van der Waals surface area contributed by atoms with E-state index in [0.717, 1.165) is 4.68 Å². The van der Waals surface area contributed by atoms with E-state index < -0.39 is 11.5 Å². The predicted molar refractivity (Wildman–Crippen MR) is 97.8 cm³/mol. The Morgan fingerprint density at radius 3 is 2.12 bits per heavy atom. The van der Waals surface area contributed by atoms with Crippen molar-refractivity contribution in [2.45, 2.75) is 13.8 Å². The third-order valence-electron chi connectivity index (χ3n) is 3.82. The van der Waals surface area contributed by atoms with Crippen molar-refractivity contribution in [3.05, 3.63) is 50.9 Å². The molecule has 0 fully saturated rings. The average Bonchev–Trinajstić information content (AvgIpc) is 2.59. The number of amides is 1. The first-order chi connectivity index (χ1) is 12.3. The largest absolute Gasteiger partial charge is 0.493 e. The molecule has 0 unspecified atom stereocenters. The number of benzene rings is 1. The molecule has 8 heteroatoms. The average molecular weight is 359 g/mol. The van der Waals surface area contributed by atoms with Crippen LogP contribution in [0.25, 0.3) is 0 Å². The van der Waals surface area contributed by atoms with Crippen molar-refractivity contribution >= 4 is 12.1 Å². The summed E-state index contributed by atoms with van der Waals surface area (Å²) in [7, 11) is 4.52. The Labute approximate surface area is 150 Å². The van der Waals surface area contributed by atoms with Crippen molar-refractivity contribution in [2.24, 2.45) is 10.8 Å². The molecule has 1 heterocycles. The number of rotatable bonds is 6. The van der Waals surface area contributed by atoms with Gasteiger partial charge in [-0.2, -0.15) is 5.10 Å². The number of hydrogen-bond donors (Lipinski definition) is 1. The molecule has 2 aromatic rings. The number of primary amides is 1. The predicted octanol–water partition coefficient (Wildman–Crippen LogP) is 1.47. The van der Waals surface area contributed by atoms with E-state index in [1.807, 2.05) is 0 Å². The third-order valence-corrected chi connectivity index (χ3v) is 3.82. The number of nitrogens with zero attached hydrogens (tertiary/aromatic N) is 2. The Morgan fingerprint density at radius 2 is 1.65 bits per heavy atom. The summed E-state index contributed by atoms with van der Waals surface area (Å²) in [5.74, 6) is 0.578. The van der Waals surface area contributed by atoms with Gasteiger partial charge < -0.3 is 19.9 Å². The van der Waals surface area contributed by atoms with E-state index in [0.29, 0.717) is 34.1 Å². The summed E-state index contributed by atoms with van der Waals surface area (Å²) in [4.78, 5) is 24.0. The van der Waals surface area contributed by atoms with Crippen LogP contribution >= 0.6 is 0 Å². The maximum atomic E-state index is 12.5. The number of methoxy groups -OCH3 is 3. The van der Waals surface area contributed by atoms with Gasteiger partial charge in [0, 0.05) is 11.3 Å². The van der Waals surface area contributed by atoms with E-state index in [9.17, 15) is 9.59 Å². The lowest BCUT2D eigenvalue weighted by molar-refractivity contribution is 0.0997. The van der Waals surface area contributed by atoms with Gasteiger partial charge in [-0.15, -0.1) is 0 Å². The molecule has 138 valence electrons. The zero-order valence-corrected chi connectivity index (χ0v) is 15.3. The van der Waals surface area contributed by atoms with E-state index in [-0.39, 0.29) is 5.56 Å². The van der Waals surface area contributed by atoms with Crippen molar-refractivity contribution in [1.82, 2.24) is 4.68 Å². The quantitative estimate of drug-likeness (QED) is 0.787. The molecule has 0 bridgehead atoms. The van der Waals surface area contributed by atoms with Gasteiger partial charge in [0.05, 0.1) is 27.5 Å². The van der Waals surface area contributed by atoms with Crippen molar-refractivity contribution < 1.29 is 19.0 Å². The van der Waals surface area contributed by atoms with Crippen molar-refractivity contribution in [2.75, 3.05) is 21.3 Å². The Hall–Kier alpha value is -3.29. The summed E-state index contributed by atoms with van der Waals surface area (Å²) < 4.78 is 17.0. The summed E-state index contributed by atoms with van der Waals surface area (Å²) in [6.45, 7) is 3.37. The molecule has 0 atom stereocenters. The number of aryl methyl sites for hydroxylation is 2. The molecule has 8 nitrogen and oxygen atoms in total. The Morgan fingerprint density at radius 1 is 1.08 bits per heavy atom. The molecule has 0 radical (unpaired) electrons. The summed E-state index contributed by atoms with van der Waals surface area (Å²) in [5.41, 5.74) is 6.34. The monoisotopic (exact) mass is 359 g/mol. The highest BCUT2D eigenvalue weighted by atomic mass is 16.5. The molecule has 0 saturated carbocycles. The lowest BCUT2D eigenvalue weighted by Gasteiger charge is -2.13. The number of carbonyl (C=O) groups excluding carboxylic acids is 1. The van der Waals surface area contributed by atoms with Crippen molar-refractivity contribution in [3.63, 3.8) is 0 Å². The van der Waals surface area contributed by atoms with Crippen LogP contribution in [-0.2, 0) is 0 Å². The number of carbonyl (C=O) groups is 1. The van der Waals surface area contributed by atoms with Crippen LogP contribution in [0.3, 0.4) is 0 Å². The van der Waals surface area contributed by atoms with E-state index in [1.54, 1.807) is 32.0 Å². The summed E-state index contributed by atoms with van der Waals surface area (Å²) >= 11 is 0. The molecule has 0 aliphatic heterocycles. The smallest absolute Gasteiger partial charge is 0.284 e. The second-order valence-electron chi connectivity index (χ2n) is 5.53. The second-order valence-corrected chi connectivity index (χ2v) is 5.53. The third kappa shape index (κ3) is 3.53. The Bertz CT molecular complexity index is 906. The molecule has 0 aliphatic carbocycles. The van der Waals surface area contributed by atoms with Crippen LogP contribution in [0.1, 0.15) is 27.2 Å². The van der Waals surface area contributed by atoms with Crippen LogP contribution in [0.2, 0.25) is 0 Å². The molecule has 2 N–H and O–H groups in total. The number of aromatic nitrogens is 1. The number of pyridine rings is 1. The van der Waals surface area contributed by atoms with Crippen LogP contribution in [0, 0.1) is 13.8 Å². The molecule has 1 aromatic heterocycles. The highest BCUT2D eigenvalue weighted by Crippen LogP contribution is 2.37. The maximum absolute atomic E-state index is 12.5. The van der Waals surface area contributed by atoms with E-state index in [1.165, 1.54) is 27.5 Å². The van der Waals surface area contributed by atoms with Gasteiger partial charge in [-0.25, -0.2) is 4.68 Å². The normalized spacial score (nSPS) is 10.8. The van der Waals surface area contributed by atoms with Crippen LogP contribution in [0.15, 0.2) is 28.1 Å². The summed E-state index contributed by atoms with van der Waals surface area (Å²) in [6.07, 6.45) is 1.46. The highest BCUT2D eigenvalue weighted by Gasteiger charge is 2.15. The lowest BCUT2D eigenvalue weighted by atomic mass is 10.1. The summed E-state index contributed by atoms with van der Waals surface area (Å²) in [6, 6.07) is 5.05. The molecular weight excluding hydrogens is 338 g/mol. The van der Waals surface area contributed by atoms with Gasteiger partial charge in [0.15, 0.2) is 11.5 Å². The van der Waals surface area contributed by atoms with Crippen LogP contribution in [-0.4, -0.2) is 38.1 Å². The molecule has 0 spiro atoms. The van der Waals surface area contributed by atoms with E-state index in [4.69, 9.17) is 19.9 Å². The van der Waals surface area contributed by atoms with Crippen LogP contribution in [0.5, 0.6) is 17.2 Å². The van der Waals surface area contributed by atoms with Gasteiger partial charge >= 0.3 is 0 Å². The van der Waals surface area contributed by atoms with Crippen molar-refractivity contribution in [3.8, 4) is 17.2 Å². The number of nitrogens with two attached hydrogens (primary N) is 1. The van der Waals surface area contributed by atoms with Gasteiger partial charge in [-0.3, -0.25) is 9.59 Å². The highest BCUT2D eigenvalue weighted by molar-refractivity contribution is 5.94. The first kappa shape index (κ1) is 19.0. The van der Waals surface area contributed by atoms with Gasteiger partial charge in [0.1, 0.15) is 5.56 Å². The maximum Gasteiger partial charge on any atom is 0.284 e. The SMILES string of the molecule is COc1cc(/C=N/n2c(C)cc(C)c(C(N)=O)c2=O)cc(OC)c1OC. The Kier molecular flexibility index (Phi) is 5.66. The molecule has 1 amide bonds. The molecule has 2 rings (SSSR count). The molecule has 0 aliphatic rings. The van der Waals surface area contributed by atoms with Crippen LogP contribution < -0.4 is 25.5 Å². The number of ether oxygens (including phenoxy) is 3. The van der Waals surface area contributed by atoms with Gasteiger partial charge in [-0.05, 0) is 37.6 Å². The zero-order chi connectivity index (χ0) is 19.4. The fraction of sp³-hybridized carbons (Fsp3) is 0.278. The first-order valence-corrected chi connectivity index (χ1v) is 7.71. The van der Waals surface area contributed by atoms with Gasteiger partial charge in [-0.1, -0.05) is 0 Å². The fourth-order valence-electron chi connectivity index (χ4n) is 2.62. The summed E-state index contributed by atoms with van der Waals surface area (Å²) in [5, 5.41) is 4.19. The fourth-order valence-corrected chi connectivity index (χ4v) is 2.62. The molecule has 1 aromatic carbocycles. The minimum absolute atomic E-state index is 0.0855. The first-order valence-electron chi connectivity index (χ1n) is 7.71. The lowest BCUT2D eigenvalue weighted by Crippen LogP contribution is -2.30. The number of hydrogen-bond acceptors (Lipinski definition) is 6. The minimum Gasteiger partial charge on any atom is -0.493 e. The Balaban J connectivity index is 2.56. The van der Waals surface area contributed by atoms with Crippen LogP contribution in [0.4, 0.5) is 0 Å². The minimum atomic E-state index is -0.788. The van der Waals surface area contributed by atoms with Gasteiger partial charge in [0.2, 0.25) is 5.75 Å². The van der Waals surface area contributed by atoms with Gasteiger partial charge in [0.25, 0.3) is 11.5 Å². The van der Waals surface area contributed by atoms with E-state index in [2.05, 4.69) is 5.10 Å². The zero-order valence-electron chi connectivity index (χ0n) is 15.3.